The largest absolute Gasteiger partial charge is 0.321 e. The number of nitrogens with one attached hydrogen (secondary N) is 1. The van der Waals surface area contributed by atoms with Gasteiger partial charge in [-0.3, -0.25) is 4.79 Å². The fourth-order valence-corrected chi connectivity index (χ4v) is 4.09. The lowest BCUT2D eigenvalue weighted by molar-refractivity contribution is 0.103. The molecule has 2 heterocycles. The average Bonchev–Trinajstić information content (AvgIpc) is 3.35. The van der Waals surface area contributed by atoms with Gasteiger partial charge in [0.15, 0.2) is 0 Å². The van der Waals surface area contributed by atoms with Crippen molar-refractivity contribution in [1.29, 1.82) is 0 Å². The number of aromatic nitrogens is 2. The molecule has 0 atom stereocenters. The van der Waals surface area contributed by atoms with Gasteiger partial charge >= 0.3 is 0 Å². The fraction of sp³-hybridized carbons (Fsp3) is 0.316. The predicted octanol–water partition coefficient (Wildman–Crippen LogP) is 4.89. The maximum absolute atomic E-state index is 13.7. The third-order valence-corrected chi connectivity index (χ3v) is 5.75. The molecule has 6 heteroatoms. The van der Waals surface area contributed by atoms with E-state index in [4.69, 9.17) is 0 Å². The highest BCUT2D eigenvalue weighted by Gasteiger charge is 2.28. The molecule has 0 radical (unpaired) electrons. The molecule has 0 unspecified atom stereocenters. The second-order valence-electron chi connectivity index (χ2n) is 6.60. The summed E-state index contributed by atoms with van der Waals surface area (Å²) in [6.45, 7) is 5.57. The van der Waals surface area contributed by atoms with E-state index < -0.39 is 0 Å². The number of benzene rings is 1. The van der Waals surface area contributed by atoms with E-state index in [1.807, 2.05) is 13.8 Å². The van der Waals surface area contributed by atoms with Crippen molar-refractivity contribution in [2.75, 3.05) is 5.32 Å². The molecule has 0 saturated heterocycles. The van der Waals surface area contributed by atoms with Gasteiger partial charge in [0, 0.05) is 17.0 Å². The lowest BCUT2D eigenvalue weighted by Crippen LogP contribution is -2.11. The minimum atomic E-state index is -0.332. The third kappa shape index (κ3) is 2.91. The number of nitrogens with zero attached hydrogens (tertiary/aromatic N) is 2. The van der Waals surface area contributed by atoms with Crippen molar-refractivity contribution in [2.45, 2.75) is 39.5 Å². The van der Waals surface area contributed by atoms with Crippen molar-refractivity contribution in [2.24, 2.45) is 0 Å². The molecule has 1 aromatic carbocycles. The number of hydrogen-bond donors (Lipinski definition) is 1. The maximum Gasteiger partial charge on any atom is 0.266 e. The van der Waals surface area contributed by atoms with Crippen molar-refractivity contribution < 1.29 is 9.18 Å². The summed E-state index contributed by atoms with van der Waals surface area (Å²) >= 11 is 1.38. The minimum Gasteiger partial charge on any atom is -0.321 e. The van der Waals surface area contributed by atoms with Gasteiger partial charge in [-0.05, 0) is 56.9 Å². The number of halogens is 1. The van der Waals surface area contributed by atoms with Gasteiger partial charge in [0.25, 0.3) is 5.91 Å². The van der Waals surface area contributed by atoms with Crippen LogP contribution < -0.4 is 5.32 Å². The summed E-state index contributed by atoms with van der Waals surface area (Å²) in [6.07, 6.45) is 2.28. The Kier molecular flexibility index (Phi) is 3.80. The second kappa shape index (κ2) is 5.88. The van der Waals surface area contributed by atoms with Crippen LogP contribution in [-0.2, 0) is 0 Å². The zero-order chi connectivity index (χ0) is 17.7. The van der Waals surface area contributed by atoms with Crippen LogP contribution in [0.5, 0.6) is 0 Å². The van der Waals surface area contributed by atoms with Crippen molar-refractivity contribution in [3.05, 3.63) is 51.5 Å². The molecular formula is C19H18FN3OS. The highest BCUT2D eigenvalue weighted by atomic mass is 32.1. The Morgan fingerprint density at radius 3 is 2.68 bits per heavy atom. The van der Waals surface area contributed by atoms with E-state index in [-0.39, 0.29) is 11.7 Å². The number of thiophene rings is 1. The molecule has 2 aromatic heterocycles. The summed E-state index contributed by atoms with van der Waals surface area (Å²) in [5.74, 6) is 0.787. The first-order valence-electron chi connectivity index (χ1n) is 8.29. The molecule has 25 heavy (non-hydrogen) atoms. The molecule has 1 amide bonds. The number of anilines is 1. The summed E-state index contributed by atoms with van der Waals surface area (Å²) in [5.41, 5.74) is 2.80. The molecule has 0 spiro atoms. The monoisotopic (exact) mass is 355 g/mol. The molecule has 0 bridgehead atoms. The van der Waals surface area contributed by atoms with Crippen molar-refractivity contribution in [3.8, 4) is 0 Å². The Hall–Kier alpha value is -2.34. The van der Waals surface area contributed by atoms with Crippen LogP contribution in [0.1, 0.15) is 51.1 Å². The SMILES string of the molecule is Cc1ccc(NC(=O)c2sc3nc(C4CC4)nc(C)c3c2C)cc1F. The Morgan fingerprint density at radius 2 is 2.00 bits per heavy atom. The van der Waals surface area contributed by atoms with Crippen LogP contribution in [0.3, 0.4) is 0 Å². The van der Waals surface area contributed by atoms with Gasteiger partial charge in [0.2, 0.25) is 0 Å². The van der Waals surface area contributed by atoms with Crippen molar-refractivity contribution >= 4 is 33.1 Å². The van der Waals surface area contributed by atoms with Gasteiger partial charge in [0.1, 0.15) is 16.5 Å². The van der Waals surface area contributed by atoms with Crippen LogP contribution >= 0.6 is 11.3 Å². The lowest BCUT2D eigenvalue weighted by atomic mass is 10.1. The first-order valence-corrected chi connectivity index (χ1v) is 9.11. The van der Waals surface area contributed by atoms with Crippen molar-refractivity contribution in [1.82, 2.24) is 9.97 Å². The van der Waals surface area contributed by atoms with E-state index in [2.05, 4.69) is 15.3 Å². The van der Waals surface area contributed by atoms with Gasteiger partial charge in [0.05, 0.1) is 10.6 Å². The summed E-state index contributed by atoms with van der Waals surface area (Å²) in [6, 6.07) is 4.70. The molecule has 1 saturated carbocycles. The number of fused-ring (bicyclic) bond motifs is 1. The van der Waals surface area contributed by atoms with Crippen molar-refractivity contribution in [3.63, 3.8) is 0 Å². The molecule has 0 aliphatic heterocycles. The van der Waals surface area contributed by atoms with Crippen LogP contribution in [0.4, 0.5) is 10.1 Å². The molecule has 4 nitrogen and oxygen atoms in total. The van der Waals surface area contributed by atoms with E-state index in [1.165, 1.54) is 17.4 Å². The van der Waals surface area contributed by atoms with E-state index in [1.54, 1.807) is 19.1 Å². The van der Waals surface area contributed by atoms with Crippen LogP contribution in [0.25, 0.3) is 10.2 Å². The Balaban J connectivity index is 1.70. The molecule has 4 rings (SSSR count). The molecule has 3 aromatic rings. The zero-order valence-electron chi connectivity index (χ0n) is 14.3. The number of aryl methyl sites for hydroxylation is 3. The molecule has 1 aliphatic carbocycles. The Labute approximate surface area is 149 Å². The van der Waals surface area contributed by atoms with Gasteiger partial charge in [-0.2, -0.15) is 0 Å². The van der Waals surface area contributed by atoms with E-state index in [0.717, 1.165) is 40.1 Å². The molecule has 1 aliphatic rings. The number of hydrogen-bond acceptors (Lipinski definition) is 4. The van der Waals surface area contributed by atoms with E-state index in [9.17, 15) is 9.18 Å². The highest BCUT2D eigenvalue weighted by Crippen LogP contribution is 2.40. The highest BCUT2D eigenvalue weighted by molar-refractivity contribution is 7.20. The van der Waals surface area contributed by atoms with Crippen LogP contribution in [-0.4, -0.2) is 15.9 Å². The summed E-state index contributed by atoms with van der Waals surface area (Å²) in [7, 11) is 0. The standard InChI is InChI=1S/C19H18FN3OS/c1-9-4-7-13(8-14(9)20)22-18(24)16-10(2)15-11(3)21-17(12-5-6-12)23-19(15)25-16/h4,7-8,12H,5-6H2,1-3H3,(H,22,24). The number of carbonyl (C=O) groups is 1. The minimum absolute atomic E-state index is 0.240. The van der Waals surface area contributed by atoms with Crippen LogP contribution in [0.15, 0.2) is 18.2 Å². The first-order chi connectivity index (χ1) is 11.9. The van der Waals surface area contributed by atoms with Crippen LogP contribution in [0.2, 0.25) is 0 Å². The maximum atomic E-state index is 13.7. The topological polar surface area (TPSA) is 54.9 Å². The number of rotatable bonds is 3. The quantitative estimate of drug-likeness (QED) is 0.728. The number of amides is 1. The van der Waals surface area contributed by atoms with Gasteiger partial charge in [-0.25, -0.2) is 14.4 Å². The van der Waals surface area contributed by atoms with Gasteiger partial charge in [-0.1, -0.05) is 6.07 Å². The van der Waals surface area contributed by atoms with E-state index >= 15 is 0 Å². The zero-order valence-corrected chi connectivity index (χ0v) is 15.1. The molecule has 1 N–H and O–H groups in total. The predicted molar refractivity (Wildman–Crippen MR) is 98.0 cm³/mol. The first kappa shape index (κ1) is 16.1. The summed E-state index contributed by atoms with van der Waals surface area (Å²) < 4.78 is 13.7. The summed E-state index contributed by atoms with van der Waals surface area (Å²) in [4.78, 5) is 23.4. The lowest BCUT2D eigenvalue weighted by Gasteiger charge is -2.06. The second-order valence-corrected chi connectivity index (χ2v) is 7.59. The van der Waals surface area contributed by atoms with Crippen LogP contribution in [0, 0.1) is 26.6 Å². The normalized spacial score (nSPS) is 14.1. The van der Waals surface area contributed by atoms with Gasteiger partial charge < -0.3 is 5.32 Å². The smallest absolute Gasteiger partial charge is 0.266 e. The fourth-order valence-electron chi connectivity index (χ4n) is 2.96. The summed E-state index contributed by atoms with van der Waals surface area (Å²) in [5, 5.41) is 3.73. The molecule has 128 valence electrons. The van der Waals surface area contributed by atoms with E-state index in [0.29, 0.717) is 22.0 Å². The number of carbonyl (C=O) groups excluding carboxylic acids is 1. The molecule has 1 fully saturated rings. The van der Waals surface area contributed by atoms with Gasteiger partial charge in [-0.15, -0.1) is 11.3 Å². The molecular weight excluding hydrogens is 337 g/mol. The third-order valence-electron chi connectivity index (χ3n) is 4.57. The average molecular weight is 355 g/mol. The Morgan fingerprint density at radius 1 is 1.24 bits per heavy atom. The Bertz CT molecular complexity index is 1010.